The molecule has 1 aromatic heterocycles. The lowest BCUT2D eigenvalue weighted by molar-refractivity contribution is 0.0741. The predicted molar refractivity (Wildman–Crippen MR) is 192 cm³/mol. The molecule has 0 bridgehead atoms. The van der Waals surface area contributed by atoms with E-state index in [0.717, 1.165) is 74.4 Å². The number of fused-ring (bicyclic) bond motifs is 3. The fraction of sp³-hybridized carbons (Fsp3) is 0.351. The predicted octanol–water partition coefficient (Wildman–Crippen LogP) is 6.47. The van der Waals surface area contributed by atoms with Gasteiger partial charge in [0.1, 0.15) is 5.58 Å². The minimum absolute atomic E-state index is 0.0116. The Kier molecular flexibility index (Phi) is 9.74. The molecule has 0 radical (unpaired) electrons. The summed E-state index contributed by atoms with van der Waals surface area (Å²) in [5.41, 5.74) is 3.74. The Morgan fingerprint density at radius 3 is 2.61 bits per heavy atom. The molecule has 3 aliphatic rings. The van der Waals surface area contributed by atoms with E-state index in [-0.39, 0.29) is 23.8 Å². The van der Waals surface area contributed by atoms with E-state index in [9.17, 15) is 14.4 Å². The molecule has 0 unspecified atom stereocenters. The van der Waals surface area contributed by atoms with E-state index < -0.39 is 0 Å². The van der Waals surface area contributed by atoms with Crippen LogP contribution < -0.4 is 20.1 Å². The molecule has 7 rings (SSSR count). The van der Waals surface area contributed by atoms with E-state index in [0.29, 0.717) is 52.0 Å². The number of methoxy groups -OCH3 is 1. The third kappa shape index (κ3) is 7.24. The summed E-state index contributed by atoms with van der Waals surface area (Å²) in [6.45, 7) is 3.41. The van der Waals surface area contributed by atoms with E-state index in [2.05, 4.69) is 15.6 Å². The number of ether oxygens (including phenoxy) is 2. The molecule has 0 saturated carbocycles. The number of furan rings is 1. The summed E-state index contributed by atoms with van der Waals surface area (Å²) in [6.07, 6.45) is 5.46. The highest BCUT2D eigenvalue weighted by Gasteiger charge is 2.32. The van der Waals surface area contributed by atoms with Gasteiger partial charge >= 0.3 is 0 Å². The van der Waals surface area contributed by atoms with Crippen molar-refractivity contribution >= 4 is 63.7 Å². The van der Waals surface area contributed by atoms with Crippen molar-refractivity contribution in [3.63, 3.8) is 0 Å². The van der Waals surface area contributed by atoms with Crippen LogP contribution in [0.5, 0.6) is 11.5 Å². The van der Waals surface area contributed by atoms with E-state index in [1.165, 1.54) is 0 Å². The Morgan fingerprint density at radius 2 is 1.80 bits per heavy atom. The van der Waals surface area contributed by atoms with Crippen LogP contribution in [0.1, 0.15) is 57.0 Å². The number of nitrogens with zero attached hydrogens (tertiary/aromatic N) is 3. The number of rotatable bonds is 11. The number of amides is 3. The van der Waals surface area contributed by atoms with Crippen molar-refractivity contribution < 1.29 is 28.3 Å². The molecule has 2 N–H and O–H groups in total. The van der Waals surface area contributed by atoms with Crippen LogP contribution >= 0.6 is 11.8 Å². The molecule has 2 saturated heterocycles. The van der Waals surface area contributed by atoms with Crippen LogP contribution in [0.25, 0.3) is 11.0 Å². The smallest absolute Gasteiger partial charge is 0.289 e. The molecule has 4 heterocycles. The van der Waals surface area contributed by atoms with Crippen molar-refractivity contribution in [2.45, 2.75) is 31.7 Å². The second kappa shape index (κ2) is 14.7. The zero-order chi connectivity index (χ0) is 33.7. The second-order valence-corrected chi connectivity index (χ2v) is 13.5. The number of thioether (sulfide) groups is 1. The number of hydrogen-bond acceptors (Lipinski definition) is 9. The Hall–Kier alpha value is -4.97. The number of hydrogen-bond donors (Lipinski definition) is 2. The molecule has 11 nitrogen and oxygen atoms in total. The molecular formula is C37H39N5O6S. The molecule has 12 heteroatoms. The molecule has 2 fully saturated rings. The van der Waals surface area contributed by atoms with Gasteiger partial charge in [-0.25, -0.2) is 0 Å². The van der Waals surface area contributed by atoms with Crippen LogP contribution in [0.2, 0.25) is 0 Å². The molecule has 0 aliphatic carbocycles. The largest absolute Gasteiger partial charge is 0.493 e. The van der Waals surface area contributed by atoms with Crippen molar-refractivity contribution in [1.82, 2.24) is 9.80 Å². The normalized spacial score (nSPS) is 17.0. The highest BCUT2D eigenvalue weighted by Crippen LogP contribution is 2.38. The zero-order valence-corrected chi connectivity index (χ0v) is 28.2. The van der Waals surface area contributed by atoms with Gasteiger partial charge in [-0.1, -0.05) is 0 Å². The van der Waals surface area contributed by atoms with Gasteiger partial charge in [0.15, 0.2) is 17.3 Å². The number of anilines is 2. The van der Waals surface area contributed by atoms with Crippen LogP contribution in [0.3, 0.4) is 0 Å². The summed E-state index contributed by atoms with van der Waals surface area (Å²) in [7, 11) is 1.58. The highest BCUT2D eigenvalue weighted by atomic mass is 32.2. The SMILES string of the molecule is COc1cc2c(cc1OCCCCNc1ccc(C(=O)Nc3ccc4cc(C(=O)N5CCSCC5)oc4c3)cc1)N=C[C@@H]1CCCN1C2=O. The average molecular weight is 682 g/mol. The van der Waals surface area contributed by atoms with Crippen LogP contribution in [0, 0.1) is 0 Å². The molecule has 3 aromatic carbocycles. The first-order valence-corrected chi connectivity index (χ1v) is 17.9. The fourth-order valence-corrected chi connectivity index (χ4v) is 7.24. The van der Waals surface area contributed by atoms with E-state index in [4.69, 9.17) is 13.9 Å². The van der Waals surface area contributed by atoms with Gasteiger partial charge in [-0.3, -0.25) is 19.4 Å². The number of benzene rings is 3. The van der Waals surface area contributed by atoms with Crippen molar-refractivity contribution in [3.05, 3.63) is 77.6 Å². The van der Waals surface area contributed by atoms with E-state index in [1.54, 1.807) is 43.5 Å². The molecule has 4 aromatic rings. The maximum atomic E-state index is 13.1. The van der Waals surface area contributed by atoms with Crippen LogP contribution in [0.15, 0.2) is 70.1 Å². The third-order valence-corrected chi connectivity index (χ3v) is 9.99. The number of nitrogens with one attached hydrogen (secondary N) is 2. The number of carbonyl (C=O) groups excluding carboxylic acids is 3. The lowest BCUT2D eigenvalue weighted by atomic mass is 10.1. The minimum Gasteiger partial charge on any atom is -0.493 e. The van der Waals surface area contributed by atoms with Gasteiger partial charge in [0.25, 0.3) is 17.7 Å². The molecule has 0 spiro atoms. The number of aliphatic imine (C=N–C) groups is 1. The zero-order valence-electron chi connectivity index (χ0n) is 27.4. The maximum absolute atomic E-state index is 13.1. The van der Waals surface area contributed by atoms with Crippen LogP contribution in [-0.2, 0) is 0 Å². The first-order chi connectivity index (χ1) is 24.0. The molecule has 254 valence electrons. The number of unbranched alkanes of at least 4 members (excludes halogenated alkanes) is 1. The van der Waals surface area contributed by atoms with Crippen molar-refractivity contribution in [2.75, 3.05) is 62.0 Å². The first kappa shape index (κ1) is 32.6. The lowest BCUT2D eigenvalue weighted by Gasteiger charge is -2.25. The van der Waals surface area contributed by atoms with Gasteiger partial charge in [0.05, 0.1) is 31.0 Å². The van der Waals surface area contributed by atoms with Crippen LogP contribution in [-0.4, -0.2) is 91.2 Å². The van der Waals surface area contributed by atoms with Crippen molar-refractivity contribution in [2.24, 2.45) is 4.99 Å². The highest BCUT2D eigenvalue weighted by molar-refractivity contribution is 7.99. The van der Waals surface area contributed by atoms with Gasteiger partial charge < -0.3 is 34.3 Å². The van der Waals surface area contributed by atoms with Gasteiger partial charge in [0.2, 0.25) is 0 Å². The Balaban J connectivity index is 0.868. The van der Waals surface area contributed by atoms with E-state index in [1.807, 2.05) is 52.0 Å². The van der Waals surface area contributed by atoms with Gasteiger partial charge in [-0.05, 0) is 74.2 Å². The summed E-state index contributed by atoms with van der Waals surface area (Å²) in [5, 5.41) is 7.13. The quantitative estimate of drug-likeness (QED) is 0.173. The summed E-state index contributed by atoms with van der Waals surface area (Å²) < 4.78 is 17.5. The summed E-state index contributed by atoms with van der Waals surface area (Å²) in [5.74, 6) is 2.94. The molecule has 1 atom stereocenters. The maximum Gasteiger partial charge on any atom is 0.289 e. The lowest BCUT2D eigenvalue weighted by Crippen LogP contribution is -2.37. The molecule has 49 heavy (non-hydrogen) atoms. The van der Waals surface area contributed by atoms with Gasteiger partial charge in [0, 0.05) is 78.4 Å². The summed E-state index contributed by atoms with van der Waals surface area (Å²) in [4.78, 5) is 47.2. The minimum atomic E-state index is -0.236. The standard InChI is InChI=1S/C37H39N5O6S/c1-46-32-21-29-30(39-23-28-5-4-13-42(28)36(29)44)22-33(32)47-16-3-2-12-38-26-9-6-24(7-10-26)35(43)40-27-11-8-25-19-34(48-31(25)20-27)37(45)41-14-17-49-18-15-41/h6-11,19-23,28,38H,2-5,12-18H2,1H3,(H,40,43)/t28-/m0/s1. The average Bonchev–Trinajstić information content (AvgIpc) is 3.76. The third-order valence-electron chi connectivity index (χ3n) is 9.05. The van der Waals surface area contributed by atoms with Gasteiger partial charge in [-0.2, -0.15) is 11.8 Å². The van der Waals surface area contributed by atoms with Crippen molar-refractivity contribution in [3.8, 4) is 11.5 Å². The second-order valence-electron chi connectivity index (χ2n) is 12.3. The Bertz CT molecular complexity index is 1880. The number of carbonyl (C=O) groups is 3. The van der Waals surface area contributed by atoms with Crippen LogP contribution in [0.4, 0.5) is 17.1 Å². The topological polar surface area (TPSA) is 126 Å². The summed E-state index contributed by atoms with van der Waals surface area (Å²) in [6, 6.07) is 18.1. The Labute approximate surface area is 289 Å². The molecular weight excluding hydrogens is 643 g/mol. The first-order valence-electron chi connectivity index (χ1n) is 16.7. The monoisotopic (exact) mass is 681 g/mol. The van der Waals surface area contributed by atoms with Gasteiger partial charge in [-0.15, -0.1) is 0 Å². The molecule has 3 amide bonds. The van der Waals surface area contributed by atoms with Crippen molar-refractivity contribution in [1.29, 1.82) is 0 Å². The molecule has 3 aliphatic heterocycles. The summed E-state index contributed by atoms with van der Waals surface area (Å²) >= 11 is 1.85. The van der Waals surface area contributed by atoms with E-state index >= 15 is 0 Å². The fourth-order valence-electron chi connectivity index (χ4n) is 6.34. The Morgan fingerprint density at radius 1 is 0.980 bits per heavy atom.